The van der Waals surface area contributed by atoms with E-state index in [-0.39, 0.29) is 25.0 Å². The maximum Gasteiger partial charge on any atom is 0.252 e. The normalized spacial score (nSPS) is 9.38. The van der Waals surface area contributed by atoms with Crippen molar-refractivity contribution in [1.29, 1.82) is 0 Å². The average molecular weight is 323 g/mol. The Balaban J connectivity index is 1.74. The molecule has 0 aliphatic rings. The number of amides is 2. The van der Waals surface area contributed by atoms with Crippen molar-refractivity contribution in [2.75, 3.05) is 18.5 Å². The summed E-state index contributed by atoms with van der Waals surface area (Å²) in [6, 6.07) is 10.3. The number of pyridine rings is 1. The third-order valence-corrected chi connectivity index (χ3v) is 2.87. The Labute approximate surface area is 140 Å². The first-order valence-electron chi connectivity index (χ1n) is 7.29. The monoisotopic (exact) mass is 323 g/mol. The first-order valence-corrected chi connectivity index (χ1v) is 7.29. The van der Waals surface area contributed by atoms with E-state index in [2.05, 4.69) is 27.5 Å². The highest BCUT2D eigenvalue weighted by molar-refractivity contribution is 5.94. The lowest BCUT2D eigenvalue weighted by Gasteiger charge is -2.05. The first-order chi connectivity index (χ1) is 11.6. The zero-order chi connectivity index (χ0) is 17.2. The van der Waals surface area contributed by atoms with Gasteiger partial charge in [0.2, 0.25) is 5.91 Å². The van der Waals surface area contributed by atoms with Crippen LogP contribution in [0, 0.1) is 11.8 Å². The molecule has 0 bridgehead atoms. The van der Waals surface area contributed by atoms with Gasteiger partial charge >= 0.3 is 0 Å². The number of nitrogens with one attached hydrogen (secondary N) is 2. The van der Waals surface area contributed by atoms with Crippen LogP contribution in [-0.2, 0) is 4.79 Å². The molecular weight excluding hydrogens is 306 g/mol. The van der Waals surface area contributed by atoms with E-state index in [4.69, 9.17) is 4.74 Å². The van der Waals surface area contributed by atoms with Crippen molar-refractivity contribution in [2.45, 2.75) is 6.92 Å². The molecule has 24 heavy (non-hydrogen) atoms. The minimum Gasteiger partial charge on any atom is -0.481 e. The fraction of sp³-hybridized carbons (Fsp3) is 0.167. The lowest BCUT2D eigenvalue weighted by atomic mass is 10.2. The van der Waals surface area contributed by atoms with Gasteiger partial charge in [-0.2, -0.15) is 0 Å². The lowest BCUT2D eigenvalue weighted by Crippen LogP contribution is -2.23. The molecule has 0 unspecified atom stereocenters. The number of nitrogens with zero attached hydrogens (tertiary/aromatic N) is 1. The minimum absolute atomic E-state index is 0.142. The fourth-order valence-electron chi connectivity index (χ4n) is 1.83. The molecule has 122 valence electrons. The second-order valence-corrected chi connectivity index (χ2v) is 4.77. The number of carbonyl (C=O) groups is 2. The van der Waals surface area contributed by atoms with Gasteiger partial charge in [0.05, 0.1) is 6.54 Å². The van der Waals surface area contributed by atoms with Crippen LogP contribution in [0.5, 0.6) is 5.75 Å². The van der Waals surface area contributed by atoms with Crippen molar-refractivity contribution in [3.63, 3.8) is 0 Å². The molecule has 1 heterocycles. The molecule has 0 aliphatic heterocycles. The van der Waals surface area contributed by atoms with Crippen LogP contribution in [0.2, 0.25) is 0 Å². The molecule has 0 saturated carbocycles. The second kappa shape index (κ2) is 8.96. The van der Waals surface area contributed by atoms with Crippen LogP contribution in [0.15, 0.2) is 48.8 Å². The van der Waals surface area contributed by atoms with Crippen LogP contribution in [-0.4, -0.2) is 29.9 Å². The van der Waals surface area contributed by atoms with E-state index in [0.717, 1.165) is 0 Å². The van der Waals surface area contributed by atoms with Crippen molar-refractivity contribution in [3.8, 4) is 17.6 Å². The molecule has 0 fully saturated rings. The minimum atomic E-state index is -0.198. The van der Waals surface area contributed by atoms with Gasteiger partial charge in [-0.3, -0.25) is 14.6 Å². The summed E-state index contributed by atoms with van der Waals surface area (Å²) in [4.78, 5) is 26.6. The zero-order valence-electron chi connectivity index (χ0n) is 13.2. The number of hydrogen-bond donors (Lipinski definition) is 2. The number of ether oxygens (including phenoxy) is 1. The quantitative estimate of drug-likeness (QED) is 0.823. The number of hydrogen-bond acceptors (Lipinski definition) is 4. The smallest absolute Gasteiger partial charge is 0.252 e. The van der Waals surface area contributed by atoms with Gasteiger partial charge < -0.3 is 15.4 Å². The van der Waals surface area contributed by atoms with E-state index in [1.165, 1.54) is 6.92 Å². The first kappa shape index (κ1) is 17.0. The van der Waals surface area contributed by atoms with Crippen LogP contribution >= 0.6 is 0 Å². The maximum absolute atomic E-state index is 11.8. The number of rotatable bonds is 5. The lowest BCUT2D eigenvalue weighted by molar-refractivity contribution is -0.114. The molecular formula is C18H17N3O3. The predicted octanol–water partition coefficient (Wildman–Crippen LogP) is 1.85. The summed E-state index contributed by atoms with van der Waals surface area (Å²) in [6.45, 7) is 1.87. The highest BCUT2D eigenvalue weighted by Gasteiger charge is 2.01. The zero-order valence-corrected chi connectivity index (χ0v) is 13.2. The third kappa shape index (κ3) is 5.81. The molecule has 2 N–H and O–H groups in total. The second-order valence-electron chi connectivity index (χ2n) is 4.77. The van der Waals surface area contributed by atoms with E-state index in [0.29, 0.717) is 17.0 Å². The summed E-state index contributed by atoms with van der Waals surface area (Å²) in [5.74, 6) is 5.89. The summed E-state index contributed by atoms with van der Waals surface area (Å²) in [6.07, 6.45) is 3.12. The largest absolute Gasteiger partial charge is 0.481 e. The summed E-state index contributed by atoms with van der Waals surface area (Å²) in [5, 5.41) is 5.36. The molecule has 0 radical (unpaired) electrons. The Bertz CT molecular complexity index is 764. The fourth-order valence-corrected chi connectivity index (χ4v) is 1.83. The van der Waals surface area contributed by atoms with Gasteiger partial charge in [-0.25, -0.2) is 0 Å². The maximum atomic E-state index is 11.8. The van der Waals surface area contributed by atoms with E-state index >= 15 is 0 Å². The summed E-state index contributed by atoms with van der Waals surface area (Å²) in [7, 11) is 0. The molecule has 1 aromatic heterocycles. The average Bonchev–Trinajstić information content (AvgIpc) is 2.58. The van der Waals surface area contributed by atoms with Gasteiger partial charge in [0.1, 0.15) is 12.4 Å². The van der Waals surface area contributed by atoms with Gasteiger partial charge in [-0.1, -0.05) is 17.9 Å². The van der Waals surface area contributed by atoms with Crippen LogP contribution < -0.4 is 15.4 Å². The molecule has 2 aromatic rings. The molecule has 0 aliphatic carbocycles. The van der Waals surface area contributed by atoms with Gasteiger partial charge in [0, 0.05) is 36.6 Å². The van der Waals surface area contributed by atoms with Crippen LogP contribution in [0.25, 0.3) is 0 Å². The molecule has 0 spiro atoms. The Morgan fingerprint density at radius 3 is 2.71 bits per heavy atom. The van der Waals surface area contributed by atoms with Gasteiger partial charge in [0.15, 0.2) is 0 Å². The number of carbonyl (C=O) groups excluding carboxylic acids is 2. The molecule has 2 rings (SSSR count). The van der Waals surface area contributed by atoms with Crippen molar-refractivity contribution >= 4 is 17.5 Å². The standard InChI is InChI=1S/C18H17N3O3/c1-14(22)21-16-5-4-6-17(13-16)24-12-3-2-9-20-18(23)15-7-10-19-11-8-15/h4-8,10-11,13H,9,12H2,1H3,(H,20,23)(H,21,22). The number of benzene rings is 1. The SMILES string of the molecule is CC(=O)Nc1cccc(OCC#CCNC(=O)c2ccncc2)c1. The number of aromatic nitrogens is 1. The van der Waals surface area contributed by atoms with Crippen molar-refractivity contribution < 1.29 is 14.3 Å². The van der Waals surface area contributed by atoms with Crippen molar-refractivity contribution in [1.82, 2.24) is 10.3 Å². The summed E-state index contributed by atoms with van der Waals surface area (Å²) < 4.78 is 5.47. The number of anilines is 1. The van der Waals surface area contributed by atoms with E-state index in [1.807, 2.05) is 0 Å². The molecule has 6 nitrogen and oxygen atoms in total. The van der Waals surface area contributed by atoms with Crippen LogP contribution in [0.1, 0.15) is 17.3 Å². The van der Waals surface area contributed by atoms with Crippen molar-refractivity contribution in [2.24, 2.45) is 0 Å². The Morgan fingerprint density at radius 2 is 1.96 bits per heavy atom. The van der Waals surface area contributed by atoms with Gasteiger partial charge in [-0.05, 0) is 24.3 Å². The van der Waals surface area contributed by atoms with E-state index in [1.54, 1.807) is 48.8 Å². The molecule has 2 amide bonds. The molecule has 6 heteroatoms. The highest BCUT2D eigenvalue weighted by Crippen LogP contribution is 2.16. The topological polar surface area (TPSA) is 80.3 Å². The molecule has 0 saturated heterocycles. The predicted molar refractivity (Wildman–Crippen MR) is 90.6 cm³/mol. The van der Waals surface area contributed by atoms with Crippen LogP contribution in [0.3, 0.4) is 0 Å². The summed E-state index contributed by atoms with van der Waals surface area (Å²) >= 11 is 0. The third-order valence-electron chi connectivity index (χ3n) is 2.87. The van der Waals surface area contributed by atoms with Gasteiger partial charge in [0.25, 0.3) is 5.91 Å². The Hall–Kier alpha value is -3.33. The molecule has 0 atom stereocenters. The Morgan fingerprint density at radius 1 is 1.17 bits per heavy atom. The van der Waals surface area contributed by atoms with E-state index in [9.17, 15) is 9.59 Å². The summed E-state index contributed by atoms with van der Waals surface area (Å²) in [5.41, 5.74) is 1.20. The van der Waals surface area contributed by atoms with E-state index < -0.39 is 0 Å². The van der Waals surface area contributed by atoms with Crippen LogP contribution in [0.4, 0.5) is 5.69 Å². The highest BCUT2D eigenvalue weighted by atomic mass is 16.5. The Kier molecular flexibility index (Phi) is 6.35. The van der Waals surface area contributed by atoms with Gasteiger partial charge in [-0.15, -0.1) is 0 Å². The van der Waals surface area contributed by atoms with Crippen molar-refractivity contribution in [3.05, 3.63) is 54.4 Å². The molecule has 1 aromatic carbocycles.